The van der Waals surface area contributed by atoms with Crippen LogP contribution in [0, 0.1) is 11.3 Å². The molecule has 0 atom stereocenters. The van der Waals surface area contributed by atoms with Crippen molar-refractivity contribution in [2.45, 2.75) is 13.1 Å². The molecule has 0 bridgehead atoms. The molecule has 0 amide bonds. The van der Waals surface area contributed by atoms with Gasteiger partial charge >= 0.3 is 0 Å². The standard InChI is InChI=1S/C4H5BNO/c1-5-2-4(7)3-6/h2H2,1H3. The van der Waals surface area contributed by atoms with E-state index in [1.165, 1.54) is 6.07 Å². The maximum Gasteiger partial charge on any atom is 0.224 e. The van der Waals surface area contributed by atoms with Crippen LogP contribution in [-0.2, 0) is 4.79 Å². The minimum Gasteiger partial charge on any atom is -0.283 e. The Balaban J connectivity index is 3.24. The molecule has 0 aromatic rings. The smallest absolute Gasteiger partial charge is 0.224 e. The number of Topliss-reactive ketones (excluding diaryl/α,β-unsaturated/α-hetero) is 1. The molecule has 0 unspecified atom stereocenters. The molecule has 0 N–H and O–H groups in total. The van der Waals surface area contributed by atoms with Crippen LogP contribution in [0.3, 0.4) is 0 Å². The molecule has 0 fully saturated rings. The highest BCUT2D eigenvalue weighted by molar-refractivity contribution is 6.41. The van der Waals surface area contributed by atoms with Gasteiger partial charge in [-0.05, 0) is 6.32 Å². The lowest BCUT2D eigenvalue weighted by Crippen LogP contribution is -1.93. The summed E-state index contributed by atoms with van der Waals surface area (Å²) in [6, 6.07) is 1.50. The first kappa shape index (κ1) is 6.22. The maximum absolute atomic E-state index is 10.0. The maximum atomic E-state index is 10.0. The first-order valence-corrected chi connectivity index (χ1v) is 2.02. The topological polar surface area (TPSA) is 40.9 Å². The number of hydrogen-bond acceptors (Lipinski definition) is 2. The van der Waals surface area contributed by atoms with E-state index in [0.29, 0.717) is 0 Å². The number of ketones is 1. The molecular weight excluding hydrogens is 88.9 g/mol. The molecule has 0 aliphatic heterocycles. The summed E-state index contributed by atoms with van der Waals surface area (Å²) in [6.45, 7) is 1.75. The van der Waals surface area contributed by atoms with Crippen molar-refractivity contribution in [2.24, 2.45) is 0 Å². The summed E-state index contributed by atoms with van der Waals surface area (Å²) in [5.41, 5.74) is 0. The molecule has 0 rings (SSSR count). The minimum absolute atomic E-state index is 0.274. The molecule has 0 spiro atoms. The Morgan fingerprint density at radius 3 is 2.71 bits per heavy atom. The summed E-state index contributed by atoms with van der Waals surface area (Å²) in [4.78, 5) is 10.0. The van der Waals surface area contributed by atoms with E-state index in [1.807, 2.05) is 0 Å². The molecule has 35 valence electrons. The fourth-order valence-corrected chi connectivity index (χ4v) is 0.231. The zero-order valence-electron chi connectivity index (χ0n) is 4.14. The number of nitrogens with zero attached hydrogens (tertiary/aromatic N) is 1. The van der Waals surface area contributed by atoms with Crippen molar-refractivity contribution in [3.8, 4) is 6.07 Å². The van der Waals surface area contributed by atoms with Crippen molar-refractivity contribution in [3.63, 3.8) is 0 Å². The number of hydrogen-bond donors (Lipinski definition) is 0. The molecule has 0 heterocycles. The SMILES string of the molecule is C[B]CC(=O)C#N. The van der Waals surface area contributed by atoms with E-state index in [1.54, 1.807) is 14.1 Å². The largest absolute Gasteiger partial charge is 0.283 e. The summed E-state index contributed by atoms with van der Waals surface area (Å²) in [6.07, 6.45) is 0.274. The van der Waals surface area contributed by atoms with Gasteiger partial charge in [0.1, 0.15) is 13.3 Å². The van der Waals surface area contributed by atoms with Crippen molar-refractivity contribution >= 4 is 13.1 Å². The third-order valence-electron chi connectivity index (χ3n) is 0.514. The third kappa shape index (κ3) is 3.04. The van der Waals surface area contributed by atoms with Gasteiger partial charge in [-0.15, -0.1) is 0 Å². The third-order valence-corrected chi connectivity index (χ3v) is 0.514. The van der Waals surface area contributed by atoms with Gasteiger partial charge in [0.15, 0.2) is 0 Å². The van der Waals surface area contributed by atoms with Crippen LogP contribution in [-0.4, -0.2) is 13.1 Å². The van der Waals surface area contributed by atoms with Crippen LogP contribution < -0.4 is 0 Å². The Labute approximate surface area is 43.4 Å². The average Bonchev–Trinajstić information content (AvgIpc) is 1.68. The Bertz CT molecular complexity index is 105. The normalized spacial score (nSPS) is 6.86. The van der Waals surface area contributed by atoms with Crippen molar-refractivity contribution in [3.05, 3.63) is 0 Å². The van der Waals surface area contributed by atoms with Crippen LogP contribution in [0.25, 0.3) is 0 Å². The molecule has 0 aliphatic carbocycles. The second-order valence-corrected chi connectivity index (χ2v) is 1.15. The number of carbonyl (C=O) groups is 1. The van der Waals surface area contributed by atoms with Crippen molar-refractivity contribution in [2.75, 3.05) is 0 Å². The van der Waals surface area contributed by atoms with Crippen LogP contribution in [0.1, 0.15) is 0 Å². The van der Waals surface area contributed by atoms with Crippen molar-refractivity contribution < 1.29 is 4.79 Å². The molecular formula is C4H5BNO. The molecule has 0 aliphatic rings. The van der Waals surface area contributed by atoms with Crippen LogP contribution in [0.15, 0.2) is 0 Å². The van der Waals surface area contributed by atoms with Gasteiger partial charge in [0.25, 0.3) is 0 Å². The van der Waals surface area contributed by atoms with Crippen molar-refractivity contribution in [1.82, 2.24) is 0 Å². The van der Waals surface area contributed by atoms with Gasteiger partial charge in [-0.1, -0.05) is 6.82 Å². The quantitative estimate of drug-likeness (QED) is 0.363. The lowest BCUT2D eigenvalue weighted by Gasteiger charge is -1.75. The number of nitriles is 1. The molecule has 0 aromatic heterocycles. The van der Waals surface area contributed by atoms with Crippen LogP contribution in [0.4, 0.5) is 0 Å². The highest BCUT2D eigenvalue weighted by atomic mass is 16.1. The summed E-state index contributed by atoms with van der Waals surface area (Å²) < 4.78 is 0. The molecule has 0 saturated heterocycles. The molecule has 0 saturated carbocycles. The molecule has 3 heteroatoms. The second kappa shape index (κ2) is 3.42. The summed E-state index contributed by atoms with van der Waals surface area (Å²) >= 11 is 0. The minimum atomic E-state index is -0.373. The molecule has 0 aromatic carbocycles. The summed E-state index contributed by atoms with van der Waals surface area (Å²) in [5.74, 6) is -0.373. The monoisotopic (exact) mass is 94.0 g/mol. The fourth-order valence-electron chi connectivity index (χ4n) is 0.231. The van der Waals surface area contributed by atoms with E-state index in [4.69, 9.17) is 5.26 Å². The highest BCUT2D eigenvalue weighted by Crippen LogP contribution is 1.76. The predicted molar refractivity (Wildman–Crippen MR) is 27.0 cm³/mol. The van der Waals surface area contributed by atoms with Crippen LogP contribution >= 0.6 is 0 Å². The molecule has 1 radical (unpaired) electrons. The predicted octanol–water partition coefficient (Wildman–Crippen LogP) is 0.250. The number of carbonyl (C=O) groups excluding carboxylic acids is 1. The van der Waals surface area contributed by atoms with Gasteiger partial charge < -0.3 is 0 Å². The number of rotatable bonds is 2. The zero-order valence-corrected chi connectivity index (χ0v) is 4.14. The van der Waals surface area contributed by atoms with Crippen LogP contribution in [0.2, 0.25) is 13.1 Å². The van der Waals surface area contributed by atoms with Crippen LogP contribution in [0.5, 0.6) is 0 Å². The van der Waals surface area contributed by atoms with Gasteiger partial charge in [-0.2, -0.15) is 5.26 Å². The van der Waals surface area contributed by atoms with Gasteiger partial charge in [0, 0.05) is 0 Å². The first-order valence-electron chi connectivity index (χ1n) is 2.02. The Kier molecular flexibility index (Phi) is 3.04. The van der Waals surface area contributed by atoms with E-state index >= 15 is 0 Å². The second-order valence-electron chi connectivity index (χ2n) is 1.15. The van der Waals surface area contributed by atoms with E-state index in [0.717, 1.165) is 0 Å². The zero-order chi connectivity index (χ0) is 5.70. The van der Waals surface area contributed by atoms with Gasteiger partial charge in [-0.25, -0.2) is 0 Å². The van der Waals surface area contributed by atoms with E-state index in [-0.39, 0.29) is 12.1 Å². The Morgan fingerprint density at radius 1 is 2.00 bits per heavy atom. The molecule has 2 nitrogen and oxygen atoms in total. The summed E-state index contributed by atoms with van der Waals surface area (Å²) in [7, 11) is 1.66. The van der Waals surface area contributed by atoms with E-state index < -0.39 is 0 Å². The first-order chi connectivity index (χ1) is 3.31. The lowest BCUT2D eigenvalue weighted by atomic mass is 9.77. The van der Waals surface area contributed by atoms with Gasteiger partial charge in [-0.3, -0.25) is 4.79 Å². The van der Waals surface area contributed by atoms with E-state index in [9.17, 15) is 4.79 Å². The lowest BCUT2D eigenvalue weighted by molar-refractivity contribution is -0.112. The average molecular weight is 93.9 g/mol. The Morgan fingerprint density at radius 2 is 2.57 bits per heavy atom. The van der Waals surface area contributed by atoms with E-state index in [2.05, 4.69) is 0 Å². The highest BCUT2D eigenvalue weighted by Gasteiger charge is 1.92. The summed E-state index contributed by atoms with van der Waals surface area (Å²) in [5, 5.41) is 7.85. The fraction of sp³-hybridized carbons (Fsp3) is 0.500. The van der Waals surface area contributed by atoms with Gasteiger partial charge in [0.2, 0.25) is 5.78 Å². The van der Waals surface area contributed by atoms with Gasteiger partial charge in [0.05, 0.1) is 0 Å². The Hall–Kier alpha value is -0.775. The van der Waals surface area contributed by atoms with Crippen molar-refractivity contribution in [1.29, 1.82) is 5.26 Å². The molecule has 7 heavy (non-hydrogen) atoms.